The molecule has 0 N–H and O–H groups in total. The second kappa shape index (κ2) is 8.04. The Balaban J connectivity index is 1.81. The van der Waals surface area contributed by atoms with Gasteiger partial charge in [0.05, 0.1) is 11.1 Å². The van der Waals surface area contributed by atoms with E-state index >= 15 is 0 Å². The van der Waals surface area contributed by atoms with Gasteiger partial charge in [-0.25, -0.2) is 9.78 Å². The summed E-state index contributed by atoms with van der Waals surface area (Å²) in [7, 11) is 0. The van der Waals surface area contributed by atoms with Crippen LogP contribution < -0.4 is 5.63 Å². The Morgan fingerprint density at radius 3 is 2.68 bits per heavy atom. The molecule has 1 aliphatic carbocycles. The maximum atomic E-state index is 13.9. The van der Waals surface area contributed by atoms with Gasteiger partial charge in [0.15, 0.2) is 0 Å². The van der Waals surface area contributed by atoms with Crippen LogP contribution in [0.3, 0.4) is 0 Å². The fraction of sp³-hybridized carbons (Fsp3) is 0.348. The van der Waals surface area contributed by atoms with Crippen LogP contribution in [0, 0.1) is 25.2 Å². The third kappa shape index (κ3) is 3.94. The zero-order valence-electron chi connectivity index (χ0n) is 17.0. The molecular formula is C23H19F3N2O2S. The van der Waals surface area contributed by atoms with E-state index in [1.54, 1.807) is 6.07 Å². The van der Waals surface area contributed by atoms with E-state index in [9.17, 15) is 23.2 Å². The molecule has 0 spiro atoms. The number of halogens is 3. The molecule has 0 fully saturated rings. The van der Waals surface area contributed by atoms with E-state index in [-0.39, 0.29) is 22.8 Å². The van der Waals surface area contributed by atoms with Crippen LogP contribution in [0.1, 0.15) is 51.9 Å². The number of nitrogens with zero attached hydrogens (tertiary/aromatic N) is 2. The second-order valence-electron chi connectivity index (χ2n) is 7.67. The maximum Gasteiger partial charge on any atom is 0.418 e. The molecule has 4 rings (SSSR count). The molecule has 0 radical (unpaired) electrons. The SMILES string of the molecule is Cc1ccc2c(CSc3nc4c(c(C(F)(F)F)c3C#N)CCCC4)cc(=O)oc2c1C. The Hall–Kier alpha value is -2.79. The van der Waals surface area contributed by atoms with Gasteiger partial charge in [-0.05, 0) is 61.8 Å². The first-order valence-corrected chi connectivity index (χ1v) is 10.9. The highest BCUT2D eigenvalue weighted by Gasteiger charge is 2.39. The van der Waals surface area contributed by atoms with Gasteiger partial charge in [-0.3, -0.25) is 0 Å². The summed E-state index contributed by atoms with van der Waals surface area (Å²) in [4.78, 5) is 16.5. The van der Waals surface area contributed by atoms with Gasteiger partial charge in [0.25, 0.3) is 0 Å². The van der Waals surface area contributed by atoms with E-state index in [2.05, 4.69) is 4.98 Å². The van der Waals surface area contributed by atoms with E-state index in [0.29, 0.717) is 29.7 Å². The molecule has 160 valence electrons. The van der Waals surface area contributed by atoms with E-state index in [1.165, 1.54) is 6.07 Å². The van der Waals surface area contributed by atoms with Gasteiger partial charge >= 0.3 is 11.8 Å². The van der Waals surface area contributed by atoms with Gasteiger partial charge in [-0.1, -0.05) is 12.1 Å². The van der Waals surface area contributed by atoms with Crippen molar-refractivity contribution in [1.82, 2.24) is 4.98 Å². The highest BCUT2D eigenvalue weighted by molar-refractivity contribution is 7.98. The minimum absolute atomic E-state index is 0.0562. The van der Waals surface area contributed by atoms with Crippen LogP contribution in [-0.2, 0) is 24.8 Å². The molecular weight excluding hydrogens is 425 g/mol. The smallest absolute Gasteiger partial charge is 0.418 e. The number of alkyl halides is 3. The summed E-state index contributed by atoms with van der Waals surface area (Å²) < 4.78 is 47.0. The average molecular weight is 444 g/mol. The standard InChI is InChI=1S/C23H19F3N2O2S/c1-12-7-8-15-14(9-19(29)30-21(15)13(12)2)11-31-22-17(10-27)20(23(24,25)26)16-5-3-4-6-18(16)28-22/h7-9H,3-6,11H2,1-2H3. The van der Waals surface area contributed by atoms with Crippen molar-refractivity contribution in [2.24, 2.45) is 0 Å². The molecule has 31 heavy (non-hydrogen) atoms. The van der Waals surface area contributed by atoms with Crippen molar-refractivity contribution in [3.05, 3.63) is 67.7 Å². The highest BCUT2D eigenvalue weighted by atomic mass is 32.2. The number of hydrogen-bond donors (Lipinski definition) is 0. The molecule has 0 amide bonds. The molecule has 8 heteroatoms. The van der Waals surface area contributed by atoms with Crippen molar-refractivity contribution >= 4 is 22.7 Å². The Kier molecular flexibility index (Phi) is 5.56. The third-order valence-corrected chi connectivity index (χ3v) is 6.74. The molecule has 0 bridgehead atoms. The molecule has 0 unspecified atom stereocenters. The van der Waals surface area contributed by atoms with Crippen LogP contribution in [0.5, 0.6) is 0 Å². The van der Waals surface area contributed by atoms with Crippen molar-refractivity contribution in [3.63, 3.8) is 0 Å². The zero-order valence-corrected chi connectivity index (χ0v) is 17.8. The minimum Gasteiger partial charge on any atom is -0.422 e. The summed E-state index contributed by atoms with van der Waals surface area (Å²) in [5.74, 6) is 0.197. The normalized spacial score (nSPS) is 13.8. The lowest BCUT2D eigenvalue weighted by molar-refractivity contribution is -0.138. The first kappa shape index (κ1) is 21.4. The number of aryl methyl sites for hydroxylation is 3. The summed E-state index contributed by atoms with van der Waals surface area (Å²) in [5, 5.41) is 10.4. The highest BCUT2D eigenvalue weighted by Crippen LogP contribution is 2.41. The number of nitriles is 1. The molecule has 0 saturated carbocycles. The topological polar surface area (TPSA) is 66.9 Å². The average Bonchev–Trinajstić information content (AvgIpc) is 2.73. The summed E-state index contributed by atoms with van der Waals surface area (Å²) >= 11 is 1.05. The van der Waals surface area contributed by atoms with Crippen LogP contribution in [-0.4, -0.2) is 4.98 Å². The number of rotatable bonds is 3. The van der Waals surface area contributed by atoms with Gasteiger partial charge in [0.1, 0.15) is 16.7 Å². The molecule has 1 aromatic carbocycles. The molecule has 0 aliphatic heterocycles. The lowest BCUT2D eigenvalue weighted by Gasteiger charge is -2.23. The third-order valence-electron chi connectivity index (χ3n) is 5.72. The zero-order chi connectivity index (χ0) is 22.3. The van der Waals surface area contributed by atoms with Crippen molar-refractivity contribution < 1.29 is 17.6 Å². The minimum atomic E-state index is -4.63. The molecule has 1 aliphatic rings. The predicted octanol–water partition coefficient (Wildman–Crippen LogP) is 5.87. The van der Waals surface area contributed by atoms with Crippen LogP contribution in [0.15, 0.2) is 32.4 Å². The number of pyridine rings is 1. The van der Waals surface area contributed by atoms with Gasteiger partial charge in [0.2, 0.25) is 0 Å². The molecule has 2 aromatic heterocycles. The Labute approximate surface area is 181 Å². The van der Waals surface area contributed by atoms with Gasteiger partial charge < -0.3 is 4.42 Å². The fourth-order valence-corrected chi connectivity index (χ4v) is 5.03. The summed E-state index contributed by atoms with van der Waals surface area (Å²) in [6, 6.07) is 6.83. The van der Waals surface area contributed by atoms with Crippen LogP contribution in [0.25, 0.3) is 11.0 Å². The number of fused-ring (bicyclic) bond motifs is 2. The predicted molar refractivity (Wildman–Crippen MR) is 112 cm³/mol. The van der Waals surface area contributed by atoms with Gasteiger partial charge in [-0.2, -0.15) is 18.4 Å². The Morgan fingerprint density at radius 2 is 1.97 bits per heavy atom. The molecule has 3 aromatic rings. The molecule has 2 heterocycles. The fourth-order valence-electron chi connectivity index (χ4n) is 4.03. The number of hydrogen-bond acceptors (Lipinski definition) is 5. The van der Waals surface area contributed by atoms with Crippen LogP contribution >= 0.6 is 11.8 Å². The van der Waals surface area contributed by atoms with Gasteiger partial charge in [-0.15, -0.1) is 11.8 Å². The van der Waals surface area contributed by atoms with Crippen molar-refractivity contribution in [2.75, 3.05) is 0 Å². The maximum absolute atomic E-state index is 13.9. The van der Waals surface area contributed by atoms with E-state index in [0.717, 1.165) is 34.7 Å². The van der Waals surface area contributed by atoms with Crippen LogP contribution in [0.2, 0.25) is 0 Å². The first-order chi connectivity index (χ1) is 14.7. The van der Waals surface area contributed by atoms with Gasteiger partial charge in [0, 0.05) is 22.9 Å². The van der Waals surface area contributed by atoms with E-state index in [4.69, 9.17) is 4.42 Å². The summed E-state index contributed by atoms with van der Waals surface area (Å²) in [6.07, 6.45) is -2.45. The van der Waals surface area contributed by atoms with Crippen LogP contribution in [0.4, 0.5) is 13.2 Å². The number of aromatic nitrogens is 1. The number of benzene rings is 1. The Bertz CT molecular complexity index is 1290. The Morgan fingerprint density at radius 1 is 1.23 bits per heavy atom. The first-order valence-electron chi connectivity index (χ1n) is 9.89. The largest absolute Gasteiger partial charge is 0.422 e. The lowest BCUT2D eigenvalue weighted by atomic mass is 9.90. The molecule has 4 nitrogen and oxygen atoms in total. The second-order valence-corrected chi connectivity index (χ2v) is 8.64. The molecule has 0 saturated heterocycles. The summed E-state index contributed by atoms with van der Waals surface area (Å²) in [5.41, 5.74) is 1.67. The van der Waals surface area contributed by atoms with E-state index < -0.39 is 22.9 Å². The monoisotopic (exact) mass is 444 g/mol. The van der Waals surface area contributed by atoms with Crippen molar-refractivity contribution in [1.29, 1.82) is 5.26 Å². The lowest BCUT2D eigenvalue weighted by Crippen LogP contribution is -2.19. The van der Waals surface area contributed by atoms with Crippen molar-refractivity contribution in [2.45, 2.75) is 56.5 Å². The summed E-state index contributed by atoms with van der Waals surface area (Å²) in [6.45, 7) is 3.76. The number of thioether (sulfide) groups is 1. The molecule has 0 atom stereocenters. The quantitative estimate of drug-likeness (QED) is 0.374. The van der Waals surface area contributed by atoms with E-state index in [1.807, 2.05) is 26.0 Å². The van der Waals surface area contributed by atoms with Crippen molar-refractivity contribution in [3.8, 4) is 6.07 Å².